The normalized spacial score (nSPS) is 12.7. The van der Waals surface area contributed by atoms with Crippen molar-refractivity contribution in [1.29, 1.82) is 0 Å². The SMILES string of the molecule is CNC(c1ncc(C)cn1)c1ccc(C)s1. The summed E-state index contributed by atoms with van der Waals surface area (Å²) >= 11 is 1.78. The molecule has 2 aromatic heterocycles. The van der Waals surface area contributed by atoms with Crippen LogP contribution < -0.4 is 5.32 Å². The van der Waals surface area contributed by atoms with Gasteiger partial charge in [0.1, 0.15) is 11.9 Å². The second-order valence-electron chi connectivity index (χ2n) is 3.79. The van der Waals surface area contributed by atoms with Crippen LogP contribution in [-0.2, 0) is 0 Å². The largest absolute Gasteiger partial charge is 0.306 e. The van der Waals surface area contributed by atoms with E-state index in [4.69, 9.17) is 0 Å². The van der Waals surface area contributed by atoms with E-state index in [0.29, 0.717) is 0 Å². The maximum atomic E-state index is 4.37. The summed E-state index contributed by atoms with van der Waals surface area (Å²) < 4.78 is 0. The molecule has 2 rings (SSSR count). The Kier molecular flexibility index (Phi) is 3.31. The summed E-state index contributed by atoms with van der Waals surface area (Å²) in [6.45, 7) is 4.10. The van der Waals surface area contributed by atoms with E-state index in [2.05, 4.69) is 34.3 Å². The van der Waals surface area contributed by atoms with Gasteiger partial charge in [-0.1, -0.05) is 0 Å². The molecule has 2 aromatic rings. The fraction of sp³-hybridized carbons (Fsp3) is 0.333. The molecular weight excluding hydrogens is 218 g/mol. The molecule has 84 valence electrons. The fourth-order valence-corrected chi connectivity index (χ4v) is 2.54. The third kappa shape index (κ3) is 2.28. The van der Waals surface area contributed by atoms with E-state index >= 15 is 0 Å². The number of nitrogens with zero attached hydrogens (tertiary/aromatic N) is 2. The Morgan fingerprint density at radius 3 is 2.38 bits per heavy atom. The van der Waals surface area contributed by atoms with Crippen LogP contribution >= 0.6 is 11.3 Å². The van der Waals surface area contributed by atoms with Gasteiger partial charge in [-0.15, -0.1) is 11.3 Å². The van der Waals surface area contributed by atoms with Gasteiger partial charge < -0.3 is 5.32 Å². The van der Waals surface area contributed by atoms with Gasteiger partial charge in [0.15, 0.2) is 0 Å². The molecule has 1 N–H and O–H groups in total. The summed E-state index contributed by atoms with van der Waals surface area (Å²) in [6, 6.07) is 4.35. The minimum absolute atomic E-state index is 0.0966. The van der Waals surface area contributed by atoms with E-state index in [-0.39, 0.29) is 6.04 Å². The summed E-state index contributed by atoms with van der Waals surface area (Å²) in [6.07, 6.45) is 3.71. The first-order valence-corrected chi connectivity index (χ1v) is 6.04. The van der Waals surface area contributed by atoms with Crippen molar-refractivity contribution < 1.29 is 0 Å². The number of aryl methyl sites for hydroxylation is 2. The van der Waals surface area contributed by atoms with Gasteiger partial charge in [0, 0.05) is 22.1 Å². The lowest BCUT2D eigenvalue weighted by Gasteiger charge is -2.12. The molecule has 0 amide bonds. The van der Waals surface area contributed by atoms with Crippen LogP contribution in [0.1, 0.15) is 27.2 Å². The highest BCUT2D eigenvalue weighted by Crippen LogP contribution is 2.25. The third-order valence-electron chi connectivity index (χ3n) is 2.39. The maximum Gasteiger partial charge on any atom is 0.150 e. The van der Waals surface area contributed by atoms with Crippen LogP contribution in [0.4, 0.5) is 0 Å². The molecule has 0 saturated carbocycles. The second-order valence-corrected chi connectivity index (χ2v) is 5.11. The number of hydrogen-bond acceptors (Lipinski definition) is 4. The van der Waals surface area contributed by atoms with Gasteiger partial charge in [-0.2, -0.15) is 0 Å². The van der Waals surface area contributed by atoms with Crippen molar-refractivity contribution in [3.05, 3.63) is 45.7 Å². The fourth-order valence-electron chi connectivity index (χ4n) is 1.56. The Labute approximate surface area is 99.6 Å². The van der Waals surface area contributed by atoms with Crippen LogP contribution in [0.15, 0.2) is 24.5 Å². The maximum absolute atomic E-state index is 4.37. The molecular formula is C12H15N3S. The van der Waals surface area contributed by atoms with Crippen molar-refractivity contribution in [2.45, 2.75) is 19.9 Å². The van der Waals surface area contributed by atoms with Gasteiger partial charge in [0.2, 0.25) is 0 Å². The molecule has 4 heteroatoms. The third-order valence-corrected chi connectivity index (χ3v) is 3.46. The number of thiophene rings is 1. The van der Waals surface area contributed by atoms with Crippen LogP contribution in [-0.4, -0.2) is 17.0 Å². The van der Waals surface area contributed by atoms with Crippen LogP contribution in [0.3, 0.4) is 0 Å². The smallest absolute Gasteiger partial charge is 0.150 e. The molecule has 0 saturated heterocycles. The minimum Gasteiger partial charge on any atom is -0.306 e. The number of nitrogens with one attached hydrogen (secondary N) is 1. The first-order valence-electron chi connectivity index (χ1n) is 5.23. The monoisotopic (exact) mass is 233 g/mol. The van der Waals surface area contributed by atoms with Crippen molar-refractivity contribution >= 4 is 11.3 Å². The lowest BCUT2D eigenvalue weighted by atomic mass is 10.2. The zero-order valence-electron chi connectivity index (χ0n) is 9.69. The van der Waals surface area contributed by atoms with Crippen LogP contribution in [0.2, 0.25) is 0 Å². The molecule has 0 radical (unpaired) electrons. The van der Waals surface area contributed by atoms with Crippen molar-refractivity contribution in [1.82, 2.24) is 15.3 Å². The summed E-state index contributed by atoms with van der Waals surface area (Å²) in [7, 11) is 1.93. The van der Waals surface area contributed by atoms with E-state index in [0.717, 1.165) is 11.4 Å². The zero-order valence-corrected chi connectivity index (χ0v) is 10.5. The average molecular weight is 233 g/mol. The number of aromatic nitrogens is 2. The van der Waals surface area contributed by atoms with Crippen molar-refractivity contribution in [2.75, 3.05) is 7.05 Å². The molecule has 0 spiro atoms. The highest BCUT2D eigenvalue weighted by molar-refractivity contribution is 7.12. The van der Waals surface area contributed by atoms with Gasteiger partial charge >= 0.3 is 0 Å². The summed E-state index contributed by atoms with van der Waals surface area (Å²) in [5.41, 5.74) is 1.08. The topological polar surface area (TPSA) is 37.8 Å². The average Bonchev–Trinajstić information content (AvgIpc) is 2.69. The van der Waals surface area contributed by atoms with E-state index < -0.39 is 0 Å². The van der Waals surface area contributed by atoms with Crippen molar-refractivity contribution in [3.8, 4) is 0 Å². The number of rotatable bonds is 3. The zero-order chi connectivity index (χ0) is 11.5. The summed E-state index contributed by atoms with van der Waals surface area (Å²) in [5.74, 6) is 0.829. The van der Waals surface area contributed by atoms with E-state index in [9.17, 15) is 0 Å². The quantitative estimate of drug-likeness (QED) is 0.885. The van der Waals surface area contributed by atoms with Gasteiger partial charge in [0.05, 0.1) is 0 Å². The molecule has 1 atom stereocenters. The molecule has 0 aromatic carbocycles. The molecule has 3 nitrogen and oxygen atoms in total. The first-order chi connectivity index (χ1) is 7.70. The first kappa shape index (κ1) is 11.2. The highest BCUT2D eigenvalue weighted by Gasteiger charge is 2.16. The summed E-state index contributed by atoms with van der Waals surface area (Å²) in [5, 5.41) is 3.25. The Bertz CT molecular complexity index is 461. The van der Waals surface area contributed by atoms with Gasteiger partial charge in [-0.25, -0.2) is 9.97 Å². The van der Waals surface area contributed by atoms with Crippen molar-refractivity contribution in [3.63, 3.8) is 0 Å². The standard InChI is InChI=1S/C12H15N3S/c1-8-6-14-12(15-7-8)11(13-3)10-5-4-9(2)16-10/h4-7,11,13H,1-3H3. The van der Waals surface area contributed by atoms with Crippen LogP contribution in [0.25, 0.3) is 0 Å². The van der Waals surface area contributed by atoms with E-state index in [1.54, 1.807) is 11.3 Å². The van der Waals surface area contributed by atoms with E-state index in [1.165, 1.54) is 9.75 Å². The lowest BCUT2D eigenvalue weighted by Crippen LogP contribution is -2.19. The van der Waals surface area contributed by atoms with Gasteiger partial charge in [-0.05, 0) is 38.6 Å². The number of hydrogen-bond donors (Lipinski definition) is 1. The molecule has 0 aliphatic carbocycles. The van der Waals surface area contributed by atoms with E-state index in [1.807, 2.05) is 26.4 Å². The molecule has 0 aliphatic heterocycles. The molecule has 16 heavy (non-hydrogen) atoms. The van der Waals surface area contributed by atoms with Gasteiger partial charge in [-0.3, -0.25) is 0 Å². The Morgan fingerprint density at radius 1 is 1.19 bits per heavy atom. The lowest BCUT2D eigenvalue weighted by molar-refractivity contribution is 0.655. The Morgan fingerprint density at radius 2 is 1.88 bits per heavy atom. The Hall–Kier alpha value is -1.26. The van der Waals surface area contributed by atoms with Crippen molar-refractivity contribution in [2.24, 2.45) is 0 Å². The Balaban J connectivity index is 2.32. The second kappa shape index (κ2) is 4.72. The summed E-state index contributed by atoms with van der Waals surface area (Å²) in [4.78, 5) is 11.3. The minimum atomic E-state index is 0.0966. The van der Waals surface area contributed by atoms with Crippen LogP contribution in [0.5, 0.6) is 0 Å². The van der Waals surface area contributed by atoms with Crippen LogP contribution in [0, 0.1) is 13.8 Å². The predicted molar refractivity (Wildman–Crippen MR) is 66.7 cm³/mol. The van der Waals surface area contributed by atoms with Gasteiger partial charge in [0.25, 0.3) is 0 Å². The predicted octanol–water partition coefficient (Wildman–Crippen LogP) is 2.46. The highest BCUT2D eigenvalue weighted by atomic mass is 32.1. The molecule has 0 aliphatic rings. The molecule has 0 bridgehead atoms. The molecule has 1 unspecified atom stereocenters. The molecule has 2 heterocycles. The molecule has 0 fully saturated rings.